The van der Waals surface area contributed by atoms with Crippen LogP contribution in [-0.4, -0.2) is 40.9 Å². The van der Waals surface area contributed by atoms with Crippen LogP contribution in [0, 0.1) is 0 Å². The molecule has 2 rings (SSSR count). The van der Waals surface area contributed by atoms with E-state index in [0.717, 1.165) is 5.75 Å². The molecule has 1 aliphatic heterocycles. The van der Waals surface area contributed by atoms with Crippen molar-refractivity contribution in [1.29, 1.82) is 0 Å². The van der Waals surface area contributed by atoms with Gasteiger partial charge >= 0.3 is 0 Å². The summed E-state index contributed by atoms with van der Waals surface area (Å²) in [4.78, 5) is 14.2. The van der Waals surface area contributed by atoms with Crippen LogP contribution in [0.1, 0.15) is 38.5 Å². The van der Waals surface area contributed by atoms with Gasteiger partial charge in [-0.05, 0) is 12.8 Å². The lowest BCUT2D eigenvalue weighted by atomic mass is 10.0. The molecule has 4 heteroatoms. The molecule has 1 aliphatic carbocycles. The Labute approximate surface area is 102 Å². The van der Waals surface area contributed by atoms with Crippen LogP contribution in [-0.2, 0) is 4.79 Å². The van der Waals surface area contributed by atoms with Crippen molar-refractivity contribution in [2.75, 3.05) is 18.1 Å². The first-order chi connectivity index (χ1) is 7.83. The Hall–Kier alpha value is -0.220. The predicted octanol–water partition coefficient (Wildman–Crippen LogP) is 1.61. The van der Waals surface area contributed by atoms with E-state index in [4.69, 9.17) is 5.73 Å². The number of carbonyl (C=O) groups excluding carboxylic acids is 1. The van der Waals surface area contributed by atoms with Crippen LogP contribution >= 0.6 is 11.8 Å². The first-order valence-electron chi connectivity index (χ1n) is 6.42. The lowest BCUT2D eigenvalue weighted by Crippen LogP contribution is -2.54. The van der Waals surface area contributed by atoms with Crippen molar-refractivity contribution in [2.24, 2.45) is 5.73 Å². The molecule has 1 unspecified atom stereocenters. The number of amides is 1. The highest BCUT2D eigenvalue weighted by Gasteiger charge is 2.33. The van der Waals surface area contributed by atoms with E-state index < -0.39 is 0 Å². The Morgan fingerprint density at radius 3 is 2.56 bits per heavy atom. The van der Waals surface area contributed by atoms with E-state index >= 15 is 0 Å². The van der Waals surface area contributed by atoms with Gasteiger partial charge in [0.1, 0.15) is 0 Å². The van der Waals surface area contributed by atoms with Crippen molar-refractivity contribution in [2.45, 2.75) is 50.6 Å². The fourth-order valence-corrected chi connectivity index (χ4v) is 3.87. The molecule has 2 N–H and O–H groups in total. The molecule has 0 aromatic heterocycles. The van der Waals surface area contributed by atoms with Gasteiger partial charge < -0.3 is 10.6 Å². The maximum atomic E-state index is 12.0. The van der Waals surface area contributed by atoms with Crippen molar-refractivity contribution in [3.63, 3.8) is 0 Å². The van der Waals surface area contributed by atoms with Gasteiger partial charge in [-0.2, -0.15) is 0 Å². The summed E-state index contributed by atoms with van der Waals surface area (Å²) in [5.41, 5.74) is 5.79. The summed E-state index contributed by atoms with van der Waals surface area (Å²) in [6.45, 7) is 0.620. The molecular formula is C12H22N2OS. The molecule has 92 valence electrons. The number of thioether (sulfide) groups is 1. The zero-order valence-electron chi connectivity index (χ0n) is 9.86. The zero-order valence-corrected chi connectivity index (χ0v) is 10.7. The Bertz CT molecular complexity index is 239. The van der Waals surface area contributed by atoms with Crippen LogP contribution in [0.25, 0.3) is 0 Å². The molecule has 2 aliphatic rings. The Kier molecular flexibility index (Phi) is 4.53. The lowest BCUT2D eigenvalue weighted by molar-refractivity contribution is -0.133. The fourth-order valence-electron chi connectivity index (χ4n) is 2.86. The summed E-state index contributed by atoms with van der Waals surface area (Å²) in [5, 5.41) is 0. The van der Waals surface area contributed by atoms with E-state index in [2.05, 4.69) is 4.90 Å². The van der Waals surface area contributed by atoms with E-state index in [-0.39, 0.29) is 6.04 Å². The summed E-state index contributed by atoms with van der Waals surface area (Å²) < 4.78 is 0. The van der Waals surface area contributed by atoms with Gasteiger partial charge in [0, 0.05) is 18.3 Å². The Morgan fingerprint density at radius 2 is 1.94 bits per heavy atom. The summed E-state index contributed by atoms with van der Waals surface area (Å²) in [7, 11) is 0. The minimum Gasteiger partial charge on any atom is -0.334 e. The second-order valence-corrected chi connectivity index (χ2v) is 5.88. The van der Waals surface area contributed by atoms with E-state index in [1.54, 1.807) is 11.8 Å². The summed E-state index contributed by atoms with van der Waals surface area (Å²) >= 11 is 1.74. The zero-order chi connectivity index (χ0) is 11.4. The van der Waals surface area contributed by atoms with Gasteiger partial charge in [0.25, 0.3) is 0 Å². The number of rotatable bonds is 2. The van der Waals surface area contributed by atoms with Crippen LogP contribution in [0.5, 0.6) is 0 Å². The highest BCUT2D eigenvalue weighted by atomic mass is 32.2. The third kappa shape index (κ3) is 2.72. The third-order valence-electron chi connectivity index (χ3n) is 3.71. The molecule has 1 atom stereocenters. The molecule has 3 nitrogen and oxygen atoms in total. The first kappa shape index (κ1) is 12.2. The molecule has 1 saturated carbocycles. The molecule has 0 aromatic rings. The largest absolute Gasteiger partial charge is 0.334 e. The van der Waals surface area contributed by atoms with Gasteiger partial charge in [-0.3, -0.25) is 4.79 Å². The molecule has 0 aromatic carbocycles. The highest BCUT2D eigenvalue weighted by Crippen LogP contribution is 2.27. The average molecular weight is 242 g/mol. The molecule has 16 heavy (non-hydrogen) atoms. The van der Waals surface area contributed by atoms with Crippen molar-refractivity contribution in [3.8, 4) is 0 Å². The van der Waals surface area contributed by atoms with E-state index in [0.29, 0.717) is 24.2 Å². The summed E-state index contributed by atoms with van der Waals surface area (Å²) in [6, 6.07) is 0.763. The maximum Gasteiger partial charge on any atom is 0.233 e. The van der Waals surface area contributed by atoms with Crippen LogP contribution < -0.4 is 5.73 Å². The number of nitrogens with two attached hydrogens (primary N) is 1. The number of hydrogen-bond acceptors (Lipinski definition) is 3. The molecule has 1 saturated heterocycles. The predicted molar refractivity (Wildman–Crippen MR) is 68.5 cm³/mol. The molecule has 0 bridgehead atoms. The smallest absolute Gasteiger partial charge is 0.233 e. The number of hydrogen-bond donors (Lipinski definition) is 1. The topological polar surface area (TPSA) is 46.3 Å². The molecule has 1 heterocycles. The van der Waals surface area contributed by atoms with Crippen LogP contribution in [0.3, 0.4) is 0 Å². The van der Waals surface area contributed by atoms with Gasteiger partial charge in [0.05, 0.1) is 11.8 Å². The lowest BCUT2D eigenvalue weighted by Gasteiger charge is -2.40. The third-order valence-corrected chi connectivity index (χ3v) is 4.78. The quantitative estimate of drug-likeness (QED) is 0.748. The molecule has 0 radical (unpaired) electrons. The van der Waals surface area contributed by atoms with Crippen molar-refractivity contribution in [1.82, 2.24) is 4.90 Å². The Balaban J connectivity index is 2.04. The number of nitrogens with zero attached hydrogens (tertiary/aromatic N) is 1. The minimum atomic E-state index is 0.286. The molecule has 1 amide bonds. The Morgan fingerprint density at radius 1 is 1.25 bits per heavy atom. The molecule has 2 fully saturated rings. The van der Waals surface area contributed by atoms with Gasteiger partial charge in [-0.1, -0.05) is 25.7 Å². The van der Waals surface area contributed by atoms with Crippen LogP contribution in [0.4, 0.5) is 0 Å². The average Bonchev–Trinajstić information content (AvgIpc) is 2.57. The van der Waals surface area contributed by atoms with Gasteiger partial charge in [-0.15, -0.1) is 11.8 Å². The second kappa shape index (κ2) is 5.92. The van der Waals surface area contributed by atoms with Gasteiger partial charge in [0.15, 0.2) is 0 Å². The van der Waals surface area contributed by atoms with E-state index in [1.807, 2.05) is 0 Å². The summed E-state index contributed by atoms with van der Waals surface area (Å²) in [6.07, 6.45) is 7.60. The normalized spacial score (nSPS) is 29.2. The first-order valence-corrected chi connectivity index (χ1v) is 7.57. The van der Waals surface area contributed by atoms with Crippen LogP contribution in [0.2, 0.25) is 0 Å². The maximum absolute atomic E-state index is 12.0. The standard InChI is InChI=1S/C12H22N2OS/c13-7-11-8-16-9-12(15)14(11)10-5-3-1-2-4-6-10/h10-11H,1-9,13H2. The van der Waals surface area contributed by atoms with Crippen molar-refractivity contribution < 1.29 is 4.79 Å². The number of carbonyl (C=O) groups is 1. The van der Waals surface area contributed by atoms with Gasteiger partial charge in [0.2, 0.25) is 5.91 Å². The van der Waals surface area contributed by atoms with E-state index in [1.165, 1.54) is 38.5 Å². The van der Waals surface area contributed by atoms with Crippen LogP contribution in [0.15, 0.2) is 0 Å². The fraction of sp³-hybridized carbons (Fsp3) is 0.917. The van der Waals surface area contributed by atoms with Crippen molar-refractivity contribution >= 4 is 17.7 Å². The SMILES string of the molecule is NCC1CSCC(=O)N1C1CCCCCC1. The van der Waals surface area contributed by atoms with Gasteiger partial charge in [-0.25, -0.2) is 0 Å². The van der Waals surface area contributed by atoms with Crippen molar-refractivity contribution in [3.05, 3.63) is 0 Å². The monoisotopic (exact) mass is 242 g/mol. The minimum absolute atomic E-state index is 0.286. The second-order valence-electron chi connectivity index (χ2n) is 4.85. The highest BCUT2D eigenvalue weighted by molar-refractivity contribution is 8.00. The molecule has 0 spiro atoms. The van der Waals surface area contributed by atoms with E-state index in [9.17, 15) is 4.79 Å². The molecular weight excluding hydrogens is 220 g/mol. The summed E-state index contributed by atoms with van der Waals surface area (Å²) in [5.74, 6) is 2.00.